The van der Waals surface area contributed by atoms with E-state index in [9.17, 15) is 14.0 Å². The lowest BCUT2D eigenvalue weighted by Gasteiger charge is -2.06. The van der Waals surface area contributed by atoms with Crippen LogP contribution < -0.4 is 9.47 Å². The van der Waals surface area contributed by atoms with Crippen molar-refractivity contribution in [3.05, 3.63) is 120 Å². The Kier molecular flexibility index (Phi) is 7.86. The first-order valence-corrected chi connectivity index (χ1v) is 10.0. The Balaban J connectivity index is 1.78. The minimum atomic E-state index is -0.570. The van der Waals surface area contributed by atoms with Crippen LogP contribution in [-0.4, -0.2) is 11.9 Å². The second kappa shape index (κ2) is 11.2. The van der Waals surface area contributed by atoms with Crippen molar-refractivity contribution in [1.29, 1.82) is 0 Å². The van der Waals surface area contributed by atoms with Crippen LogP contribution >= 0.6 is 0 Å². The van der Waals surface area contributed by atoms with Gasteiger partial charge in [0.15, 0.2) is 0 Å². The molecule has 0 fully saturated rings. The van der Waals surface area contributed by atoms with Crippen LogP contribution in [0.2, 0.25) is 0 Å². The fourth-order valence-corrected chi connectivity index (χ4v) is 2.87. The highest BCUT2D eigenvalue weighted by Crippen LogP contribution is 2.24. The van der Waals surface area contributed by atoms with E-state index < -0.39 is 17.8 Å². The van der Waals surface area contributed by atoms with Gasteiger partial charge >= 0.3 is 11.9 Å². The summed E-state index contributed by atoms with van der Waals surface area (Å²) in [5.41, 5.74) is 2.30. The van der Waals surface area contributed by atoms with E-state index in [2.05, 4.69) is 13.2 Å². The van der Waals surface area contributed by atoms with E-state index in [1.165, 1.54) is 6.07 Å². The summed E-state index contributed by atoms with van der Waals surface area (Å²) in [4.78, 5) is 23.0. The van der Waals surface area contributed by atoms with E-state index in [1.54, 1.807) is 78.9 Å². The van der Waals surface area contributed by atoms with E-state index in [1.807, 2.05) is 6.07 Å². The van der Waals surface area contributed by atoms with Gasteiger partial charge in [-0.25, -0.2) is 14.0 Å². The molecule has 3 aromatic carbocycles. The SMILES string of the molecule is C=CC(=O)Oc1ccccc1C=Cc1ccc(C=Cc2ccccc2OC(=O)C=C)c(F)c1. The summed E-state index contributed by atoms with van der Waals surface area (Å²) < 4.78 is 25.1. The van der Waals surface area contributed by atoms with Crippen LogP contribution in [0.1, 0.15) is 22.3 Å². The summed E-state index contributed by atoms with van der Waals surface area (Å²) in [6.07, 6.45) is 8.90. The summed E-state index contributed by atoms with van der Waals surface area (Å²) in [6, 6.07) is 18.8. The predicted octanol–water partition coefficient (Wildman–Crippen LogP) is 6.35. The van der Waals surface area contributed by atoms with E-state index >= 15 is 0 Å². The van der Waals surface area contributed by atoms with Crippen LogP contribution in [0.5, 0.6) is 11.5 Å². The van der Waals surface area contributed by atoms with Gasteiger partial charge in [-0.05, 0) is 23.8 Å². The molecule has 0 N–H and O–H groups in total. The summed E-state index contributed by atoms with van der Waals surface area (Å²) in [7, 11) is 0. The zero-order chi connectivity index (χ0) is 23.6. The summed E-state index contributed by atoms with van der Waals surface area (Å²) >= 11 is 0. The summed E-state index contributed by atoms with van der Waals surface area (Å²) in [5, 5.41) is 0. The van der Waals surface area contributed by atoms with Crippen molar-refractivity contribution in [2.24, 2.45) is 0 Å². The number of carbonyl (C=O) groups is 2. The van der Waals surface area contributed by atoms with Gasteiger partial charge in [0.1, 0.15) is 17.3 Å². The van der Waals surface area contributed by atoms with Gasteiger partial charge in [0.25, 0.3) is 0 Å². The lowest BCUT2D eigenvalue weighted by atomic mass is 10.1. The molecular weight excluding hydrogens is 419 g/mol. The Labute approximate surface area is 191 Å². The number of benzene rings is 3. The fourth-order valence-electron chi connectivity index (χ4n) is 2.87. The second-order valence-electron chi connectivity index (χ2n) is 6.77. The molecule has 0 unspecified atom stereocenters. The molecule has 4 nitrogen and oxygen atoms in total. The molecule has 0 amide bonds. The molecule has 0 spiro atoms. The van der Waals surface area contributed by atoms with Crippen molar-refractivity contribution in [2.75, 3.05) is 0 Å². The smallest absolute Gasteiger partial charge is 0.335 e. The zero-order valence-corrected chi connectivity index (χ0v) is 17.7. The molecule has 0 aliphatic heterocycles. The van der Waals surface area contributed by atoms with Gasteiger partial charge in [0, 0.05) is 28.8 Å². The Morgan fingerprint density at radius 3 is 1.67 bits per heavy atom. The third-order valence-corrected chi connectivity index (χ3v) is 4.51. The van der Waals surface area contributed by atoms with Crippen LogP contribution in [-0.2, 0) is 9.59 Å². The zero-order valence-electron chi connectivity index (χ0n) is 17.7. The summed E-state index contributed by atoms with van der Waals surface area (Å²) in [6.45, 7) is 6.77. The van der Waals surface area contributed by atoms with Gasteiger partial charge in [-0.15, -0.1) is 0 Å². The number of carbonyl (C=O) groups excluding carboxylic acids is 2. The lowest BCUT2D eigenvalue weighted by Crippen LogP contribution is -2.04. The van der Waals surface area contributed by atoms with Crippen molar-refractivity contribution in [1.82, 2.24) is 0 Å². The first kappa shape index (κ1) is 23.2. The second-order valence-corrected chi connectivity index (χ2v) is 6.77. The van der Waals surface area contributed by atoms with Gasteiger partial charge in [0.2, 0.25) is 0 Å². The number of para-hydroxylation sites is 2. The van der Waals surface area contributed by atoms with Crippen LogP contribution in [0, 0.1) is 5.82 Å². The fraction of sp³-hybridized carbons (Fsp3) is 0. The topological polar surface area (TPSA) is 52.6 Å². The molecule has 33 heavy (non-hydrogen) atoms. The Morgan fingerprint density at radius 2 is 1.15 bits per heavy atom. The highest BCUT2D eigenvalue weighted by Gasteiger charge is 2.06. The Bertz CT molecular complexity index is 1250. The highest BCUT2D eigenvalue weighted by atomic mass is 19.1. The van der Waals surface area contributed by atoms with Crippen molar-refractivity contribution in [3.8, 4) is 11.5 Å². The Hall–Kier alpha value is -4.51. The standard InChI is InChI=1S/C28H21FO4/c1-3-27(30)32-25-11-7-5-9-22(25)16-14-20-13-15-21(24(29)19-20)17-18-23-10-6-8-12-26(23)33-28(31)4-2/h3-19H,1-2H2. The Morgan fingerprint density at radius 1 is 0.667 bits per heavy atom. The summed E-state index contributed by atoms with van der Waals surface area (Å²) in [5.74, 6) is -0.804. The van der Waals surface area contributed by atoms with E-state index in [0.717, 1.165) is 12.2 Å². The average molecular weight is 440 g/mol. The normalized spacial score (nSPS) is 10.8. The number of esters is 2. The van der Waals surface area contributed by atoms with Crippen LogP contribution in [0.3, 0.4) is 0 Å². The molecule has 0 saturated heterocycles. The van der Waals surface area contributed by atoms with Crippen molar-refractivity contribution in [2.45, 2.75) is 0 Å². The van der Waals surface area contributed by atoms with Gasteiger partial charge in [0.05, 0.1) is 0 Å². The van der Waals surface area contributed by atoms with Crippen LogP contribution in [0.4, 0.5) is 4.39 Å². The molecule has 164 valence electrons. The average Bonchev–Trinajstić information content (AvgIpc) is 2.83. The molecule has 0 radical (unpaired) electrons. The molecule has 0 atom stereocenters. The predicted molar refractivity (Wildman–Crippen MR) is 129 cm³/mol. The maximum Gasteiger partial charge on any atom is 0.335 e. The lowest BCUT2D eigenvalue weighted by molar-refractivity contribution is -0.129. The number of halogens is 1. The number of rotatable bonds is 8. The van der Waals surface area contributed by atoms with Crippen molar-refractivity contribution < 1.29 is 23.5 Å². The molecule has 3 rings (SSSR count). The van der Waals surface area contributed by atoms with Gasteiger partial charge in [-0.3, -0.25) is 0 Å². The molecule has 0 bridgehead atoms. The van der Waals surface area contributed by atoms with Crippen molar-refractivity contribution in [3.63, 3.8) is 0 Å². The molecular formula is C28H21FO4. The molecule has 0 aliphatic rings. The third kappa shape index (κ3) is 6.48. The van der Waals surface area contributed by atoms with Gasteiger partial charge < -0.3 is 9.47 Å². The van der Waals surface area contributed by atoms with E-state index in [0.29, 0.717) is 33.8 Å². The molecule has 0 aliphatic carbocycles. The molecule has 0 saturated carbocycles. The van der Waals surface area contributed by atoms with Crippen LogP contribution in [0.25, 0.3) is 24.3 Å². The largest absolute Gasteiger partial charge is 0.423 e. The monoisotopic (exact) mass is 440 g/mol. The molecule has 0 heterocycles. The quantitative estimate of drug-likeness (QED) is 0.177. The minimum absolute atomic E-state index is 0.356. The first-order valence-electron chi connectivity index (χ1n) is 10.0. The number of hydrogen-bond donors (Lipinski definition) is 0. The third-order valence-electron chi connectivity index (χ3n) is 4.51. The molecule has 0 aromatic heterocycles. The maximum absolute atomic E-state index is 14.7. The van der Waals surface area contributed by atoms with E-state index in [4.69, 9.17) is 9.47 Å². The van der Waals surface area contributed by atoms with Gasteiger partial charge in [-0.1, -0.05) is 86.0 Å². The number of hydrogen-bond acceptors (Lipinski definition) is 4. The van der Waals surface area contributed by atoms with Gasteiger partial charge in [-0.2, -0.15) is 0 Å². The molecule has 3 aromatic rings. The maximum atomic E-state index is 14.7. The highest BCUT2D eigenvalue weighted by molar-refractivity contribution is 5.85. The molecule has 5 heteroatoms. The van der Waals surface area contributed by atoms with Crippen LogP contribution in [0.15, 0.2) is 92.0 Å². The number of ether oxygens (including phenoxy) is 2. The first-order chi connectivity index (χ1) is 16.0. The minimum Gasteiger partial charge on any atom is -0.423 e. The van der Waals surface area contributed by atoms with Crippen molar-refractivity contribution >= 4 is 36.2 Å². The van der Waals surface area contributed by atoms with E-state index in [-0.39, 0.29) is 0 Å².